The number of hydrogen-bond donors (Lipinski definition) is 4. The van der Waals surface area contributed by atoms with Crippen molar-refractivity contribution in [3.05, 3.63) is 0 Å². The molecule has 1 aliphatic carbocycles. The molecule has 4 N–H and O–H groups in total. The van der Waals surface area contributed by atoms with Crippen LogP contribution >= 0.6 is 0 Å². The van der Waals surface area contributed by atoms with Crippen LogP contribution in [-0.2, 0) is 4.79 Å². The molecule has 1 rings (SSSR count). The average molecular weight is 257 g/mol. The summed E-state index contributed by atoms with van der Waals surface area (Å²) in [5, 5.41) is 17.7. The summed E-state index contributed by atoms with van der Waals surface area (Å²) in [6.07, 6.45) is 3.58. The van der Waals surface area contributed by atoms with Crippen LogP contribution in [0.4, 0.5) is 4.79 Å². The second-order valence-corrected chi connectivity index (χ2v) is 4.68. The van der Waals surface area contributed by atoms with Crippen LogP contribution in [0.5, 0.6) is 0 Å². The number of carboxylic acid groups (broad SMARTS) is 1. The first-order valence-electron chi connectivity index (χ1n) is 6.61. The molecular weight excluding hydrogens is 234 g/mol. The third-order valence-electron chi connectivity index (χ3n) is 3.29. The first-order chi connectivity index (χ1) is 8.60. The second kappa shape index (κ2) is 7.20. The van der Waals surface area contributed by atoms with Crippen molar-refractivity contribution in [1.29, 1.82) is 0 Å². The van der Waals surface area contributed by atoms with Gasteiger partial charge in [-0.1, -0.05) is 19.8 Å². The standard InChI is InChI=1S/C12H23N3O3/c1-2-13-8-5-9-14-11(18)15-12(10(16)17)6-3-4-7-12/h13H,2-9H2,1H3,(H,16,17)(H2,14,15,18). The van der Waals surface area contributed by atoms with Crippen LogP contribution in [-0.4, -0.2) is 42.3 Å². The predicted octanol–water partition coefficient (Wildman–Crippen LogP) is 0.683. The molecule has 2 amide bonds. The zero-order valence-electron chi connectivity index (χ0n) is 10.9. The summed E-state index contributed by atoms with van der Waals surface area (Å²) in [5.74, 6) is -0.928. The van der Waals surface area contributed by atoms with Gasteiger partial charge in [0.05, 0.1) is 0 Å². The third kappa shape index (κ3) is 4.18. The van der Waals surface area contributed by atoms with E-state index in [9.17, 15) is 14.7 Å². The van der Waals surface area contributed by atoms with Gasteiger partial charge < -0.3 is 21.1 Å². The van der Waals surface area contributed by atoms with E-state index in [1.54, 1.807) is 0 Å². The molecule has 6 heteroatoms. The summed E-state index contributed by atoms with van der Waals surface area (Å²) in [4.78, 5) is 22.9. The molecule has 0 saturated heterocycles. The average Bonchev–Trinajstić information content (AvgIpc) is 2.78. The van der Waals surface area contributed by atoms with Gasteiger partial charge in [0.1, 0.15) is 5.54 Å². The molecule has 1 aliphatic rings. The molecule has 0 aromatic carbocycles. The van der Waals surface area contributed by atoms with Crippen LogP contribution in [0, 0.1) is 0 Å². The quantitative estimate of drug-likeness (QED) is 0.505. The number of aliphatic carboxylic acids is 1. The molecule has 0 aliphatic heterocycles. The molecule has 0 unspecified atom stereocenters. The monoisotopic (exact) mass is 257 g/mol. The summed E-state index contributed by atoms with van der Waals surface area (Å²) in [6.45, 7) is 4.33. The molecule has 1 fully saturated rings. The first-order valence-corrected chi connectivity index (χ1v) is 6.61. The van der Waals surface area contributed by atoms with Crippen LogP contribution in [0.25, 0.3) is 0 Å². The number of hydrogen-bond acceptors (Lipinski definition) is 3. The highest BCUT2D eigenvalue weighted by atomic mass is 16.4. The lowest BCUT2D eigenvalue weighted by atomic mass is 9.98. The molecule has 0 heterocycles. The van der Waals surface area contributed by atoms with E-state index in [0.717, 1.165) is 32.4 Å². The lowest BCUT2D eigenvalue weighted by molar-refractivity contribution is -0.144. The van der Waals surface area contributed by atoms with Crippen molar-refractivity contribution < 1.29 is 14.7 Å². The highest BCUT2D eigenvalue weighted by Crippen LogP contribution is 2.29. The summed E-state index contributed by atoms with van der Waals surface area (Å²) in [6, 6.07) is -0.379. The molecule has 1 saturated carbocycles. The Labute approximate surface area is 108 Å². The van der Waals surface area contributed by atoms with Gasteiger partial charge in [0.25, 0.3) is 0 Å². The van der Waals surface area contributed by atoms with E-state index in [1.807, 2.05) is 6.92 Å². The molecule has 0 spiro atoms. The van der Waals surface area contributed by atoms with Crippen LogP contribution in [0.1, 0.15) is 39.0 Å². The van der Waals surface area contributed by atoms with Gasteiger partial charge in [0, 0.05) is 6.54 Å². The van der Waals surface area contributed by atoms with Crippen molar-refractivity contribution in [2.24, 2.45) is 0 Å². The number of amides is 2. The van der Waals surface area contributed by atoms with E-state index < -0.39 is 11.5 Å². The summed E-state index contributed by atoms with van der Waals surface area (Å²) in [7, 11) is 0. The van der Waals surface area contributed by atoms with Crippen molar-refractivity contribution >= 4 is 12.0 Å². The van der Waals surface area contributed by atoms with E-state index in [4.69, 9.17) is 0 Å². The van der Waals surface area contributed by atoms with Gasteiger partial charge >= 0.3 is 12.0 Å². The van der Waals surface area contributed by atoms with Crippen LogP contribution < -0.4 is 16.0 Å². The van der Waals surface area contributed by atoms with E-state index in [2.05, 4.69) is 16.0 Å². The Balaban J connectivity index is 2.27. The maximum Gasteiger partial charge on any atom is 0.329 e. The van der Waals surface area contributed by atoms with E-state index in [0.29, 0.717) is 19.4 Å². The van der Waals surface area contributed by atoms with Gasteiger partial charge in [0.15, 0.2) is 0 Å². The number of carboxylic acids is 1. The van der Waals surface area contributed by atoms with Crippen LogP contribution in [0.15, 0.2) is 0 Å². The highest BCUT2D eigenvalue weighted by Gasteiger charge is 2.42. The molecule has 104 valence electrons. The number of carbonyl (C=O) groups is 2. The second-order valence-electron chi connectivity index (χ2n) is 4.68. The number of urea groups is 1. The smallest absolute Gasteiger partial charge is 0.329 e. The molecule has 18 heavy (non-hydrogen) atoms. The first kappa shape index (κ1) is 14.8. The maximum absolute atomic E-state index is 11.6. The zero-order valence-corrected chi connectivity index (χ0v) is 10.9. The Morgan fingerprint density at radius 2 is 1.89 bits per heavy atom. The van der Waals surface area contributed by atoms with Gasteiger partial charge in [-0.15, -0.1) is 0 Å². The zero-order chi connectivity index (χ0) is 13.4. The lowest BCUT2D eigenvalue weighted by Crippen LogP contribution is -2.55. The predicted molar refractivity (Wildman–Crippen MR) is 68.5 cm³/mol. The largest absolute Gasteiger partial charge is 0.480 e. The topological polar surface area (TPSA) is 90.5 Å². The Kier molecular flexibility index (Phi) is 5.91. The number of rotatable bonds is 7. The van der Waals surface area contributed by atoms with Crippen molar-refractivity contribution in [2.75, 3.05) is 19.6 Å². The molecule has 0 radical (unpaired) electrons. The van der Waals surface area contributed by atoms with E-state index >= 15 is 0 Å². The Morgan fingerprint density at radius 1 is 1.22 bits per heavy atom. The molecular formula is C12H23N3O3. The van der Waals surface area contributed by atoms with Crippen LogP contribution in [0.3, 0.4) is 0 Å². The normalized spacial score (nSPS) is 17.4. The lowest BCUT2D eigenvalue weighted by Gasteiger charge is -2.25. The summed E-state index contributed by atoms with van der Waals surface area (Å²) < 4.78 is 0. The fourth-order valence-electron chi connectivity index (χ4n) is 2.22. The molecule has 0 aromatic heterocycles. The minimum Gasteiger partial charge on any atom is -0.480 e. The van der Waals surface area contributed by atoms with E-state index in [-0.39, 0.29) is 6.03 Å². The number of nitrogens with one attached hydrogen (secondary N) is 3. The SMILES string of the molecule is CCNCCCNC(=O)NC1(C(=O)O)CCCC1. The Morgan fingerprint density at radius 3 is 2.44 bits per heavy atom. The van der Waals surface area contributed by atoms with Crippen molar-refractivity contribution in [2.45, 2.75) is 44.6 Å². The van der Waals surface area contributed by atoms with E-state index in [1.165, 1.54) is 0 Å². The molecule has 0 atom stereocenters. The maximum atomic E-state index is 11.6. The minimum absolute atomic E-state index is 0.379. The fraction of sp³-hybridized carbons (Fsp3) is 0.833. The highest BCUT2D eigenvalue weighted by molar-refractivity contribution is 5.86. The summed E-state index contributed by atoms with van der Waals surface area (Å²) >= 11 is 0. The van der Waals surface area contributed by atoms with Crippen molar-refractivity contribution in [1.82, 2.24) is 16.0 Å². The molecule has 0 aromatic rings. The van der Waals surface area contributed by atoms with Gasteiger partial charge in [-0.2, -0.15) is 0 Å². The molecule has 6 nitrogen and oxygen atoms in total. The van der Waals surface area contributed by atoms with Gasteiger partial charge in [0.2, 0.25) is 0 Å². The Hall–Kier alpha value is -1.30. The van der Waals surface area contributed by atoms with Gasteiger partial charge in [-0.3, -0.25) is 0 Å². The van der Waals surface area contributed by atoms with Crippen LogP contribution in [0.2, 0.25) is 0 Å². The van der Waals surface area contributed by atoms with Gasteiger partial charge in [-0.05, 0) is 32.4 Å². The third-order valence-corrected chi connectivity index (χ3v) is 3.29. The summed E-state index contributed by atoms with van der Waals surface area (Å²) in [5.41, 5.74) is -1.05. The Bertz CT molecular complexity index is 288. The number of carbonyl (C=O) groups excluding carboxylic acids is 1. The molecule has 0 bridgehead atoms. The fourth-order valence-corrected chi connectivity index (χ4v) is 2.22. The minimum atomic E-state index is -1.05. The van der Waals surface area contributed by atoms with Gasteiger partial charge in [-0.25, -0.2) is 9.59 Å². The van der Waals surface area contributed by atoms with Crippen molar-refractivity contribution in [3.63, 3.8) is 0 Å². The van der Waals surface area contributed by atoms with Crippen molar-refractivity contribution in [3.8, 4) is 0 Å².